The van der Waals surface area contributed by atoms with Crippen LogP contribution in [0.1, 0.15) is 25.3 Å². The second-order valence-electron chi connectivity index (χ2n) is 5.22. The molecule has 1 aromatic rings. The predicted octanol–water partition coefficient (Wildman–Crippen LogP) is 1.89. The number of nitrogens with zero attached hydrogens (tertiary/aromatic N) is 1. The third-order valence-corrected chi connectivity index (χ3v) is 3.78. The Bertz CT molecular complexity index is 418. The zero-order valence-corrected chi connectivity index (χ0v) is 11.5. The third kappa shape index (κ3) is 3.50. The highest BCUT2D eigenvalue weighted by atomic mass is 32.1. The SMILES string of the molecule is CC1(O)CCN(C(=O)Cc2ccc(S)cc2)CC1. The first-order valence-electron chi connectivity index (χ1n) is 6.24. The van der Waals surface area contributed by atoms with Crippen molar-refractivity contribution in [3.8, 4) is 0 Å². The molecule has 1 saturated heterocycles. The first kappa shape index (κ1) is 13.4. The summed E-state index contributed by atoms with van der Waals surface area (Å²) in [5, 5.41) is 9.85. The van der Waals surface area contributed by atoms with Crippen molar-refractivity contribution in [2.24, 2.45) is 0 Å². The van der Waals surface area contributed by atoms with E-state index in [4.69, 9.17) is 0 Å². The fourth-order valence-corrected chi connectivity index (χ4v) is 2.29. The number of amides is 1. The summed E-state index contributed by atoms with van der Waals surface area (Å²) in [6.07, 6.45) is 1.75. The van der Waals surface area contributed by atoms with Crippen molar-refractivity contribution in [2.45, 2.75) is 36.7 Å². The van der Waals surface area contributed by atoms with Crippen molar-refractivity contribution in [2.75, 3.05) is 13.1 Å². The molecule has 1 aromatic carbocycles. The fourth-order valence-electron chi connectivity index (χ4n) is 2.14. The molecule has 98 valence electrons. The van der Waals surface area contributed by atoms with Gasteiger partial charge in [-0.15, -0.1) is 12.6 Å². The lowest BCUT2D eigenvalue weighted by Gasteiger charge is -2.35. The molecule has 2 rings (SSSR count). The van der Waals surface area contributed by atoms with Gasteiger partial charge in [0.2, 0.25) is 5.91 Å². The molecule has 1 aliphatic heterocycles. The van der Waals surface area contributed by atoms with E-state index in [0.717, 1.165) is 10.5 Å². The van der Waals surface area contributed by atoms with Crippen molar-refractivity contribution in [3.05, 3.63) is 29.8 Å². The highest BCUT2D eigenvalue weighted by Crippen LogP contribution is 2.21. The quantitative estimate of drug-likeness (QED) is 0.802. The van der Waals surface area contributed by atoms with Crippen LogP contribution >= 0.6 is 12.6 Å². The Balaban J connectivity index is 1.91. The first-order valence-corrected chi connectivity index (χ1v) is 6.69. The number of thiol groups is 1. The minimum atomic E-state index is -0.607. The lowest BCUT2D eigenvalue weighted by molar-refractivity contribution is -0.134. The molecule has 1 fully saturated rings. The number of piperidine rings is 1. The number of hydrogen-bond acceptors (Lipinski definition) is 3. The molecule has 1 amide bonds. The molecule has 0 spiro atoms. The van der Waals surface area contributed by atoms with Crippen LogP contribution in [0.3, 0.4) is 0 Å². The van der Waals surface area contributed by atoms with Crippen LogP contribution in [0.25, 0.3) is 0 Å². The van der Waals surface area contributed by atoms with Gasteiger partial charge in [0.05, 0.1) is 12.0 Å². The molecule has 0 bridgehead atoms. The monoisotopic (exact) mass is 265 g/mol. The van der Waals surface area contributed by atoms with Gasteiger partial charge in [-0.3, -0.25) is 4.79 Å². The van der Waals surface area contributed by atoms with Gasteiger partial charge in [-0.1, -0.05) is 12.1 Å². The Labute approximate surface area is 113 Å². The molecule has 0 radical (unpaired) electrons. The van der Waals surface area contributed by atoms with Crippen molar-refractivity contribution >= 4 is 18.5 Å². The van der Waals surface area contributed by atoms with E-state index in [1.807, 2.05) is 36.1 Å². The fraction of sp³-hybridized carbons (Fsp3) is 0.500. The average Bonchev–Trinajstić information content (AvgIpc) is 2.32. The van der Waals surface area contributed by atoms with Crippen molar-refractivity contribution in [1.82, 2.24) is 4.90 Å². The molecule has 4 heteroatoms. The van der Waals surface area contributed by atoms with E-state index in [2.05, 4.69) is 12.6 Å². The summed E-state index contributed by atoms with van der Waals surface area (Å²) >= 11 is 4.22. The number of carbonyl (C=O) groups excluding carboxylic acids is 1. The summed E-state index contributed by atoms with van der Waals surface area (Å²) < 4.78 is 0. The molecule has 0 aromatic heterocycles. The molecular formula is C14H19NO2S. The molecule has 0 aliphatic carbocycles. The zero-order valence-electron chi connectivity index (χ0n) is 10.6. The Morgan fingerprint density at radius 3 is 2.44 bits per heavy atom. The van der Waals surface area contributed by atoms with Crippen LogP contribution in [0.5, 0.6) is 0 Å². The summed E-state index contributed by atoms with van der Waals surface area (Å²) in [5.74, 6) is 0.136. The van der Waals surface area contributed by atoms with Crippen molar-refractivity contribution < 1.29 is 9.90 Å². The molecule has 1 heterocycles. The van der Waals surface area contributed by atoms with Gasteiger partial charge in [0.15, 0.2) is 0 Å². The minimum absolute atomic E-state index is 0.136. The molecule has 3 nitrogen and oxygen atoms in total. The van der Waals surface area contributed by atoms with Crippen LogP contribution in [0.15, 0.2) is 29.2 Å². The van der Waals surface area contributed by atoms with E-state index in [1.54, 1.807) is 0 Å². The number of rotatable bonds is 2. The topological polar surface area (TPSA) is 40.5 Å². The van der Waals surface area contributed by atoms with Gasteiger partial charge >= 0.3 is 0 Å². The third-order valence-electron chi connectivity index (χ3n) is 3.48. The summed E-state index contributed by atoms with van der Waals surface area (Å²) in [6, 6.07) is 7.65. The van der Waals surface area contributed by atoms with Crippen LogP contribution in [0.4, 0.5) is 0 Å². The highest BCUT2D eigenvalue weighted by molar-refractivity contribution is 7.80. The van der Waals surface area contributed by atoms with Crippen molar-refractivity contribution in [1.29, 1.82) is 0 Å². The van der Waals surface area contributed by atoms with Gasteiger partial charge in [-0.2, -0.15) is 0 Å². The van der Waals surface area contributed by atoms with Crippen LogP contribution in [0.2, 0.25) is 0 Å². The minimum Gasteiger partial charge on any atom is -0.390 e. The number of carbonyl (C=O) groups is 1. The van der Waals surface area contributed by atoms with Crippen LogP contribution in [-0.4, -0.2) is 34.6 Å². The Morgan fingerprint density at radius 1 is 1.33 bits per heavy atom. The van der Waals surface area contributed by atoms with E-state index < -0.39 is 5.60 Å². The summed E-state index contributed by atoms with van der Waals surface area (Å²) in [5.41, 5.74) is 0.403. The summed E-state index contributed by atoms with van der Waals surface area (Å²) in [6.45, 7) is 3.13. The molecule has 0 saturated carbocycles. The second kappa shape index (κ2) is 5.33. The zero-order chi connectivity index (χ0) is 13.2. The summed E-state index contributed by atoms with van der Waals surface area (Å²) in [7, 11) is 0. The van der Waals surface area contributed by atoms with Gasteiger partial charge in [-0.25, -0.2) is 0 Å². The number of aliphatic hydroxyl groups is 1. The van der Waals surface area contributed by atoms with E-state index in [1.165, 1.54) is 0 Å². The van der Waals surface area contributed by atoms with Gasteiger partial charge in [0.1, 0.15) is 0 Å². The number of hydrogen-bond donors (Lipinski definition) is 2. The molecular weight excluding hydrogens is 246 g/mol. The number of benzene rings is 1. The molecule has 0 atom stereocenters. The maximum atomic E-state index is 12.1. The van der Waals surface area contributed by atoms with E-state index in [0.29, 0.717) is 32.4 Å². The Hall–Kier alpha value is -1.00. The van der Waals surface area contributed by atoms with Gasteiger partial charge in [0, 0.05) is 18.0 Å². The van der Waals surface area contributed by atoms with Gasteiger partial charge < -0.3 is 10.0 Å². The van der Waals surface area contributed by atoms with Gasteiger partial charge in [0.25, 0.3) is 0 Å². The second-order valence-corrected chi connectivity index (χ2v) is 5.74. The standard InChI is InChI=1S/C14H19NO2S/c1-14(17)6-8-15(9-7-14)13(16)10-11-2-4-12(18)5-3-11/h2-5,17-18H,6-10H2,1H3. The van der Waals surface area contributed by atoms with Crippen LogP contribution < -0.4 is 0 Å². The van der Waals surface area contributed by atoms with E-state index in [9.17, 15) is 9.90 Å². The highest BCUT2D eigenvalue weighted by Gasteiger charge is 2.29. The van der Waals surface area contributed by atoms with Crippen molar-refractivity contribution in [3.63, 3.8) is 0 Å². The van der Waals surface area contributed by atoms with Gasteiger partial charge in [-0.05, 0) is 37.5 Å². The molecule has 18 heavy (non-hydrogen) atoms. The Morgan fingerprint density at radius 2 is 1.89 bits per heavy atom. The van der Waals surface area contributed by atoms with E-state index >= 15 is 0 Å². The lowest BCUT2D eigenvalue weighted by Crippen LogP contribution is -2.45. The first-order chi connectivity index (χ1) is 8.46. The predicted molar refractivity (Wildman–Crippen MR) is 73.8 cm³/mol. The molecule has 1 aliphatic rings. The normalized spacial score (nSPS) is 18.7. The van der Waals surface area contributed by atoms with Crippen LogP contribution in [-0.2, 0) is 11.2 Å². The molecule has 0 unspecified atom stereocenters. The smallest absolute Gasteiger partial charge is 0.226 e. The van der Waals surface area contributed by atoms with E-state index in [-0.39, 0.29) is 5.91 Å². The maximum Gasteiger partial charge on any atom is 0.226 e. The molecule has 1 N–H and O–H groups in total. The average molecular weight is 265 g/mol. The maximum absolute atomic E-state index is 12.1. The number of likely N-dealkylation sites (tertiary alicyclic amines) is 1. The Kier molecular flexibility index (Phi) is 3.97. The summed E-state index contributed by atoms with van der Waals surface area (Å²) in [4.78, 5) is 14.8. The lowest BCUT2D eigenvalue weighted by atomic mass is 9.93. The largest absolute Gasteiger partial charge is 0.390 e. The van der Waals surface area contributed by atoms with Crippen LogP contribution in [0, 0.1) is 0 Å².